The van der Waals surface area contributed by atoms with Crippen molar-refractivity contribution in [3.63, 3.8) is 0 Å². The maximum Gasteiger partial charge on any atom is 0.191 e. The zero-order chi connectivity index (χ0) is 19.5. The van der Waals surface area contributed by atoms with Crippen molar-refractivity contribution in [3.8, 4) is 0 Å². The Morgan fingerprint density at radius 1 is 1.22 bits per heavy atom. The first-order chi connectivity index (χ1) is 13.1. The molecule has 0 bridgehead atoms. The topological polar surface area (TPSA) is 58.5 Å². The second-order valence-electron chi connectivity index (χ2n) is 6.75. The van der Waals surface area contributed by atoms with Crippen LogP contribution in [0, 0.1) is 19.8 Å². The molecule has 0 aliphatic heterocycles. The highest BCUT2D eigenvalue weighted by Crippen LogP contribution is 2.16. The van der Waals surface area contributed by atoms with Gasteiger partial charge >= 0.3 is 0 Å². The number of nitrogens with one attached hydrogen (secondary N) is 2. The van der Waals surface area contributed by atoms with Crippen molar-refractivity contribution < 1.29 is 4.74 Å². The Labute approximate surface area is 167 Å². The van der Waals surface area contributed by atoms with E-state index in [1.807, 2.05) is 18.2 Å². The number of hydrogen-bond acceptors (Lipinski definition) is 4. The number of thiazole rings is 1. The molecule has 1 heterocycles. The Balaban J connectivity index is 1.71. The number of hydrogen-bond donors (Lipinski definition) is 2. The third-order valence-electron chi connectivity index (χ3n) is 4.12. The largest absolute Gasteiger partial charge is 0.376 e. The van der Waals surface area contributed by atoms with Crippen LogP contribution in [0.4, 0.5) is 0 Å². The summed E-state index contributed by atoms with van der Waals surface area (Å²) in [4.78, 5) is 10.6. The maximum absolute atomic E-state index is 5.81. The van der Waals surface area contributed by atoms with E-state index in [0.717, 1.165) is 37.7 Å². The van der Waals surface area contributed by atoms with Gasteiger partial charge in [-0.05, 0) is 32.3 Å². The van der Waals surface area contributed by atoms with Crippen molar-refractivity contribution in [2.24, 2.45) is 10.9 Å². The van der Waals surface area contributed by atoms with Gasteiger partial charge in [0.1, 0.15) is 0 Å². The van der Waals surface area contributed by atoms with Gasteiger partial charge in [0, 0.05) is 30.9 Å². The molecule has 1 aromatic heterocycles. The summed E-state index contributed by atoms with van der Waals surface area (Å²) in [5.41, 5.74) is 2.34. The highest BCUT2D eigenvalue weighted by atomic mass is 32.1. The molecule has 2 aromatic rings. The van der Waals surface area contributed by atoms with Crippen LogP contribution in [0.5, 0.6) is 0 Å². The van der Waals surface area contributed by atoms with Crippen LogP contribution in [0.25, 0.3) is 0 Å². The number of rotatable bonds is 10. The van der Waals surface area contributed by atoms with Gasteiger partial charge < -0.3 is 15.4 Å². The van der Waals surface area contributed by atoms with Gasteiger partial charge in [0.15, 0.2) is 5.96 Å². The van der Waals surface area contributed by atoms with E-state index in [2.05, 4.69) is 55.4 Å². The highest BCUT2D eigenvalue weighted by Gasteiger charge is 2.06. The van der Waals surface area contributed by atoms with Crippen LogP contribution in [0.1, 0.15) is 35.0 Å². The van der Waals surface area contributed by atoms with Gasteiger partial charge in [-0.3, -0.25) is 4.99 Å². The van der Waals surface area contributed by atoms with Crippen LogP contribution in [0.3, 0.4) is 0 Å². The van der Waals surface area contributed by atoms with Gasteiger partial charge in [0.25, 0.3) is 0 Å². The number of aromatic nitrogens is 1. The first kappa shape index (κ1) is 21.4. The van der Waals surface area contributed by atoms with Crippen LogP contribution in [-0.4, -0.2) is 37.2 Å². The van der Waals surface area contributed by atoms with Gasteiger partial charge in [-0.1, -0.05) is 37.3 Å². The fourth-order valence-corrected chi connectivity index (χ4v) is 3.46. The third-order valence-corrected chi connectivity index (χ3v) is 5.26. The molecule has 1 aromatic carbocycles. The number of aliphatic imine (C=N–C) groups is 1. The number of nitrogens with zero attached hydrogens (tertiary/aromatic N) is 2. The van der Waals surface area contributed by atoms with Crippen LogP contribution >= 0.6 is 11.3 Å². The molecule has 2 rings (SSSR count). The summed E-state index contributed by atoms with van der Waals surface area (Å²) in [5.74, 6) is 1.23. The molecule has 0 radical (unpaired) electrons. The molecule has 1 unspecified atom stereocenters. The molecule has 1 atom stereocenters. The van der Waals surface area contributed by atoms with Gasteiger partial charge in [-0.15, -0.1) is 11.3 Å². The smallest absolute Gasteiger partial charge is 0.191 e. The maximum atomic E-state index is 5.81. The summed E-state index contributed by atoms with van der Waals surface area (Å²) >= 11 is 1.78. The molecule has 2 N–H and O–H groups in total. The van der Waals surface area contributed by atoms with Crippen molar-refractivity contribution in [2.45, 2.75) is 40.7 Å². The van der Waals surface area contributed by atoms with Gasteiger partial charge in [0.05, 0.1) is 23.9 Å². The van der Waals surface area contributed by atoms with Crippen molar-refractivity contribution in [2.75, 3.05) is 26.2 Å². The van der Waals surface area contributed by atoms with Gasteiger partial charge in [-0.2, -0.15) is 0 Å². The average molecular weight is 389 g/mol. The molecule has 148 valence electrons. The first-order valence-corrected chi connectivity index (χ1v) is 10.5. The lowest BCUT2D eigenvalue weighted by Crippen LogP contribution is -2.38. The molecule has 0 spiro atoms. The van der Waals surface area contributed by atoms with Crippen molar-refractivity contribution in [3.05, 3.63) is 51.5 Å². The van der Waals surface area contributed by atoms with Crippen molar-refractivity contribution in [1.82, 2.24) is 15.6 Å². The van der Waals surface area contributed by atoms with Crippen molar-refractivity contribution >= 4 is 17.3 Å². The number of benzene rings is 1. The molecule has 5 nitrogen and oxygen atoms in total. The minimum Gasteiger partial charge on any atom is -0.376 e. The zero-order valence-electron chi connectivity index (χ0n) is 16.9. The Morgan fingerprint density at radius 3 is 2.67 bits per heavy atom. The summed E-state index contributed by atoms with van der Waals surface area (Å²) in [6.45, 7) is 12.2. The van der Waals surface area contributed by atoms with E-state index in [1.54, 1.807) is 11.3 Å². The van der Waals surface area contributed by atoms with E-state index in [4.69, 9.17) is 9.73 Å². The second-order valence-corrected chi connectivity index (χ2v) is 8.04. The molecule has 0 fully saturated rings. The molecule has 0 aliphatic carbocycles. The normalized spacial score (nSPS) is 12.8. The fraction of sp³-hybridized carbons (Fsp3) is 0.524. The Morgan fingerprint density at radius 2 is 2.00 bits per heavy atom. The molecule has 0 saturated carbocycles. The molecule has 0 aliphatic rings. The minimum absolute atomic E-state index is 0.369. The summed E-state index contributed by atoms with van der Waals surface area (Å²) in [6, 6.07) is 10.3. The number of guanidine groups is 1. The molecular formula is C21H32N4OS. The average Bonchev–Trinajstić information content (AvgIpc) is 2.98. The minimum atomic E-state index is 0.369. The highest BCUT2D eigenvalue weighted by molar-refractivity contribution is 7.11. The number of aryl methyl sites for hydroxylation is 2. The second kappa shape index (κ2) is 11.7. The monoisotopic (exact) mass is 388 g/mol. The summed E-state index contributed by atoms with van der Waals surface area (Å²) < 4.78 is 5.81. The lowest BCUT2D eigenvalue weighted by molar-refractivity contribution is 0.0945. The summed E-state index contributed by atoms with van der Waals surface area (Å²) in [5, 5.41) is 7.88. The van der Waals surface area contributed by atoms with E-state index in [1.165, 1.54) is 15.4 Å². The predicted octanol–water partition coefficient (Wildman–Crippen LogP) is 3.71. The fourth-order valence-electron chi connectivity index (χ4n) is 2.53. The molecule has 0 amide bonds. The Kier molecular flexibility index (Phi) is 9.28. The van der Waals surface area contributed by atoms with Gasteiger partial charge in [0.2, 0.25) is 0 Å². The lowest BCUT2D eigenvalue weighted by atomic mass is 10.2. The van der Waals surface area contributed by atoms with E-state index in [-0.39, 0.29) is 0 Å². The van der Waals surface area contributed by atoms with Crippen molar-refractivity contribution in [1.29, 1.82) is 0 Å². The van der Waals surface area contributed by atoms with Crippen LogP contribution in [0.15, 0.2) is 35.3 Å². The first-order valence-electron chi connectivity index (χ1n) is 9.65. The Hall–Kier alpha value is -1.92. The standard InChI is InChI=1S/C21H32N4OS/c1-5-22-21(23-12-11-20-25-17(3)18(4)27-20)24-13-16(2)14-26-15-19-9-7-6-8-10-19/h6-10,16H,5,11-15H2,1-4H3,(H2,22,23,24). The zero-order valence-corrected chi connectivity index (χ0v) is 17.7. The number of ether oxygens (including phenoxy) is 1. The molecule has 27 heavy (non-hydrogen) atoms. The molecular weight excluding hydrogens is 356 g/mol. The summed E-state index contributed by atoms with van der Waals surface area (Å²) in [6.07, 6.45) is 0.916. The van der Waals surface area contributed by atoms with Crippen LogP contribution < -0.4 is 10.6 Å². The van der Waals surface area contributed by atoms with E-state index < -0.39 is 0 Å². The summed E-state index contributed by atoms with van der Waals surface area (Å²) in [7, 11) is 0. The van der Waals surface area contributed by atoms with Crippen LogP contribution in [-0.2, 0) is 17.8 Å². The quantitative estimate of drug-likeness (QED) is 0.481. The Bertz CT molecular complexity index is 680. The third kappa shape index (κ3) is 8.10. The SMILES string of the molecule is CCNC(=NCC(C)COCc1ccccc1)NCCc1nc(C)c(C)s1. The van der Waals surface area contributed by atoms with E-state index >= 15 is 0 Å². The van der Waals surface area contributed by atoms with Crippen LogP contribution in [0.2, 0.25) is 0 Å². The lowest BCUT2D eigenvalue weighted by Gasteiger charge is -2.13. The molecule has 0 saturated heterocycles. The predicted molar refractivity (Wildman–Crippen MR) is 115 cm³/mol. The molecule has 6 heteroatoms. The van der Waals surface area contributed by atoms with Gasteiger partial charge in [-0.25, -0.2) is 4.98 Å². The van der Waals surface area contributed by atoms with E-state index in [9.17, 15) is 0 Å². The van der Waals surface area contributed by atoms with E-state index in [0.29, 0.717) is 19.1 Å².